The number of rotatable bonds is 1. The first-order chi connectivity index (χ1) is 5.43. The second kappa shape index (κ2) is 3.52. The largest absolute Gasteiger partial charge is 0.300 e. The fraction of sp³-hybridized carbons (Fsp3) is 1.00. The molecule has 3 nitrogen and oxygen atoms in total. The summed E-state index contributed by atoms with van der Waals surface area (Å²) in [6.07, 6.45) is 2.91. The fourth-order valence-electron chi connectivity index (χ4n) is 1.83. The van der Waals surface area contributed by atoms with Crippen molar-refractivity contribution >= 4 is 19.9 Å². The molecule has 1 aliphatic heterocycles. The van der Waals surface area contributed by atoms with Crippen LogP contribution in [0, 0.1) is 0 Å². The van der Waals surface area contributed by atoms with Crippen LogP contribution in [0.25, 0.3) is 0 Å². The van der Waals surface area contributed by atoms with Gasteiger partial charge in [-0.25, -0.2) is 0 Å². The van der Waals surface area contributed by atoms with Crippen molar-refractivity contribution in [3.05, 3.63) is 0 Å². The van der Waals surface area contributed by atoms with E-state index in [1.54, 1.807) is 0 Å². The Labute approximate surface area is 78.3 Å². The molecule has 2 atom stereocenters. The standard InChI is InChI=1S/C7H14ClNO2S/c1-6-4-3-5-7(2)9(6)12(8,10)11/h6-7H,3-5H2,1-2H3. The molecule has 1 fully saturated rings. The Bertz CT molecular complexity index is 242. The topological polar surface area (TPSA) is 37.4 Å². The average molecular weight is 212 g/mol. The summed E-state index contributed by atoms with van der Waals surface area (Å²) in [7, 11) is 1.78. The van der Waals surface area contributed by atoms with Crippen molar-refractivity contribution in [2.45, 2.75) is 45.2 Å². The lowest BCUT2D eigenvalue weighted by molar-refractivity contribution is 0.208. The van der Waals surface area contributed by atoms with Gasteiger partial charge in [-0.2, -0.15) is 12.7 Å². The van der Waals surface area contributed by atoms with Crippen molar-refractivity contribution in [1.29, 1.82) is 0 Å². The van der Waals surface area contributed by atoms with Crippen molar-refractivity contribution in [2.24, 2.45) is 0 Å². The van der Waals surface area contributed by atoms with Gasteiger partial charge < -0.3 is 0 Å². The van der Waals surface area contributed by atoms with Crippen molar-refractivity contribution in [1.82, 2.24) is 4.31 Å². The zero-order chi connectivity index (χ0) is 9.35. The molecule has 0 spiro atoms. The van der Waals surface area contributed by atoms with E-state index in [4.69, 9.17) is 10.7 Å². The Morgan fingerprint density at radius 2 is 1.67 bits per heavy atom. The quantitative estimate of drug-likeness (QED) is 0.620. The third kappa shape index (κ3) is 2.12. The molecule has 0 saturated carbocycles. The summed E-state index contributed by atoms with van der Waals surface area (Å²) in [6.45, 7) is 3.80. The highest BCUT2D eigenvalue weighted by Crippen LogP contribution is 2.26. The molecule has 1 saturated heterocycles. The van der Waals surface area contributed by atoms with Crippen molar-refractivity contribution < 1.29 is 8.42 Å². The van der Waals surface area contributed by atoms with E-state index in [1.807, 2.05) is 13.8 Å². The molecule has 12 heavy (non-hydrogen) atoms. The number of nitrogens with zero attached hydrogens (tertiary/aromatic N) is 1. The van der Waals surface area contributed by atoms with Gasteiger partial charge in [0.05, 0.1) is 0 Å². The SMILES string of the molecule is CC1CCCC(C)N1S(=O)(=O)Cl. The molecule has 1 heterocycles. The monoisotopic (exact) mass is 211 g/mol. The number of hydrogen-bond acceptors (Lipinski definition) is 2. The highest BCUT2D eigenvalue weighted by Gasteiger charge is 2.32. The molecule has 0 aromatic heterocycles. The van der Waals surface area contributed by atoms with Gasteiger partial charge >= 0.3 is 0 Å². The summed E-state index contributed by atoms with van der Waals surface area (Å²) >= 11 is 0. The fourth-order valence-corrected chi connectivity index (χ4v) is 3.71. The van der Waals surface area contributed by atoms with E-state index in [0.29, 0.717) is 0 Å². The molecular formula is C7H14ClNO2S. The molecule has 5 heteroatoms. The van der Waals surface area contributed by atoms with Crippen LogP contribution in [-0.2, 0) is 9.24 Å². The molecule has 0 aromatic carbocycles. The third-order valence-electron chi connectivity index (χ3n) is 2.36. The van der Waals surface area contributed by atoms with Crippen molar-refractivity contribution in [3.63, 3.8) is 0 Å². The minimum absolute atomic E-state index is 0.0521. The second-order valence-corrected chi connectivity index (χ2v) is 5.82. The van der Waals surface area contributed by atoms with Crippen LogP contribution in [0.1, 0.15) is 33.1 Å². The lowest BCUT2D eigenvalue weighted by Gasteiger charge is -2.35. The van der Waals surface area contributed by atoms with Crippen molar-refractivity contribution in [3.8, 4) is 0 Å². The van der Waals surface area contributed by atoms with Gasteiger partial charge in [0.2, 0.25) is 0 Å². The number of hydrogen-bond donors (Lipinski definition) is 0. The van der Waals surface area contributed by atoms with Crippen LogP contribution >= 0.6 is 10.7 Å². The van der Waals surface area contributed by atoms with E-state index >= 15 is 0 Å². The Balaban J connectivity index is 2.84. The lowest BCUT2D eigenvalue weighted by Crippen LogP contribution is -2.45. The zero-order valence-electron chi connectivity index (χ0n) is 7.33. The molecule has 0 N–H and O–H groups in total. The Hall–Kier alpha value is 0.200. The van der Waals surface area contributed by atoms with Crippen molar-refractivity contribution in [2.75, 3.05) is 0 Å². The van der Waals surface area contributed by atoms with Crippen LogP contribution in [0.2, 0.25) is 0 Å². The predicted molar refractivity (Wildman–Crippen MR) is 49.4 cm³/mol. The minimum atomic E-state index is -3.52. The van der Waals surface area contributed by atoms with Gasteiger partial charge in [0.1, 0.15) is 0 Å². The molecule has 0 bridgehead atoms. The van der Waals surface area contributed by atoms with E-state index in [0.717, 1.165) is 19.3 Å². The normalized spacial score (nSPS) is 33.6. The van der Waals surface area contributed by atoms with Gasteiger partial charge in [-0.3, -0.25) is 0 Å². The maximum atomic E-state index is 11.1. The van der Waals surface area contributed by atoms with Gasteiger partial charge in [0, 0.05) is 22.8 Å². The minimum Gasteiger partial charge on any atom is -0.195 e. The molecule has 0 aliphatic carbocycles. The average Bonchev–Trinajstić information content (AvgIpc) is 1.82. The maximum absolute atomic E-state index is 11.1. The number of piperidine rings is 1. The van der Waals surface area contributed by atoms with Crippen LogP contribution < -0.4 is 0 Å². The molecule has 0 amide bonds. The summed E-state index contributed by atoms with van der Waals surface area (Å²) in [6, 6.07) is 0.104. The van der Waals surface area contributed by atoms with E-state index in [-0.39, 0.29) is 12.1 Å². The summed E-state index contributed by atoms with van der Waals surface area (Å²) in [5, 5.41) is 0. The Morgan fingerprint density at radius 1 is 1.25 bits per heavy atom. The van der Waals surface area contributed by atoms with Gasteiger partial charge in [0.15, 0.2) is 0 Å². The molecule has 72 valence electrons. The first-order valence-corrected chi connectivity index (χ1v) is 6.42. The first kappa shape index (κ1) is 10.3. The van der Waals surface area contributed by atoms with Crippen LogP contribution in [0.5, 0.6) is 0 Å². The number of halogens is 1. The summed E-state index contributed by atoms with van der Waals surface area (Å²) in [4.78, 5) is 0. The molecular weight excluding hydrogens is 198 g/mol. The van der Waals surface area contributed by atoms with Gasteiger partial charge in [-0.1, -0.05) is 6.42 Å². The predicted octanol–water partition coefficient (Wildman–Crippen LogP) is 1.73. The molecule has 0 aromatic rings. The second-order valence-electron chi connectivity index (χ2n) is 3.40. The van der Waals surface area contributed by atoms with E-state index in [9.17, 15) is 8.42 Å². The highest BCUT2D eigenvalue weighted by atomic mass is 35.7. The Kier molecular flexibility index (Phi) is 3.01. The zero-order valence-corrected chi connectivity index (χ0v) is 8.90. The molecule has 2 unspecified atom stereocenters. The van der Waals surface area contributed by atoms with E-state index in [2.05, 4.69) is 0 Å². The van der Waals surface area contributed by atoms with Gasteiger partial charge in [-0.05, 0) is 26.7 Å². The molecule has 1 aliphatic rings. The summed E-state index contributed by atoms with van der Waals surface area (Å²) in [5.41, 5.74) is 0. The van der Waals surface area contributed by atoms with Crippen LogP contribution in [0.15, 0.2) is 0 Å². The van der Waals surface area contributed by atoms with Gasteiger partial charge in [0.25, 0.3) is 9.24 Å². The maximum Gasteiger partial charge on any atom is 0.300 e. The smallest absolute Gasteiger partial charge is 0.195 e. The van der Waals surface area contributed by atoms with E-state index in [1.165, 1.54) is 4.31 Å². The van der Waals surface area contributed by atoms with Crippen LogP contribution in [-0.4, -0.2) is 24.8 Å². The van der Waals surface area contributed by atoms with Crippen LogP contribution in [0.4, 0.5) is 0 Å². The Morgan fingerprint density at radius 3 is 1.92 bits per heavy atom. The van der Waals surface area contributed by atoms with Crippen LogP contribution in [0.3, 0.4) is 0 Å². The third-order valence-corrected chi connectivity index (χ3v) is 4.07. The summed E-state index contributed by atoms with van der Waals surface area (Å²) < 4.78 is 23.6. The highest BCUT2D eigenvalue weighted by molar-refractivity contribution is 8.11. The van der Waals surface area contributed by atoms with Gasteiger partial charge in [-0.15, -0.1) is 0 Å². The summed E-state index contributed by atoms with van der Waals surface area (Å²) in [5.74, 6) is 0. The van der Waals surface area contributed by atoms with E-state index < -0.39 is 9.24 Å². The molecule has 1 rings (SSSR count). The lowest BCUT2D eigenvalue weighted by atomic mass is 10.0. The molecule has 0 radical (unpaired) electrons. The first-order valence-electron chi connectivity index (χ1n) is 4.16.